The molecule has 0 bridgehead atoms. The van der Waals surface area contributed by atoms with Crippen LogP contribution in [0.3, 0.4) is 0 Å². The third-order valence-electron chi connectivity index (χ3n) is 4.22. The molecule has 0 aliphatic rings. The van der Waals surface area contributed by atoms with Crippen LogP contribution in [0, 0.1) is 0 Å². The second-order valence-corrected chi connectivity index (χ2v) is 6.29. The second kappa shape index (κ2) is 14.5. The zero-order valence-electron chi connectivity index (χ0n) is 15.6. The van der Waals surface area contributed by atoms with Gasteiger partial charge in [-0.2, -0.15) is 0 Å². The fourth-order valence-corrected chi connectivity index (χ4v) is 2.78. The van der Waals surface area contributed by atoms with Gasteiger partial charge in [0.25, 0.3) is 5.91 Å². The summed E-state index contributed by atoms with van der Waals surface area (Å²) in [7, 11) is 0. The Morgan fingerprint density at radius 1 is 0.840 bits per heavy atom. The van der Waals surface area contributed by atoms with E-state index < -0.39 is 5.97 Å². The molecule has 142 valence electrons. The van der Waals surface area contributed by atoms with Crippen LogP contribution >= 0.6 is 0 Å². The lowest BCUT2D eigenvalue weighted by Gasteiger charge is -2.07. The monoisotopic (exact) mass is 350 g/mol. The SMILES string of the molecule is CCCCCCCCCCCCNC(=O)c1ccccc1C(=O)O.N. The Kier molecular flexibility index (Phi) is 13.4. The number of nitrogens with one attached hydrogen (secondary N) is 1. The lowest BCUT2D eigenvalue weighted by Crippen LogP contribution is -2.26. The molecule has 0 saturated carbocycles. The first-order valence-corrected chi connectivity index (χ1v) is 9.27. The molecule has 0 unspecified atom stereocenters. The Morgan fingerprint density at radius 2 is 1.32 bits per heavy atom. The van der Waals surface area contributed by atoms with Crippen molar-refractivity contribution in [3.05, 3.63) is 35.4 Å². The van der Waals surface area contributed by atoms with E-state index >= 15 is 0 Å². The third-order valence-corrected chi connectivity index (χ3v) is 4.22. The fourth-order valence-electron chi connectivity index (χ4n) is 2.78. The van der Waals surface area contributed by atoms with Crippen molar-refractivity contribution in [3.63, 3.8) is 0 Å². The van der Waals surface area contributed by atoms with Gasteiger partial charge in [-0.25, -0.2) is 4.79 Å². The van der Waals surface area contributed by atoms with E-state index in [-0.39, 0.29) is 23.2 Å². The molecule has 25 heavy (non-hydrogen) atoms. The van der Waals surface area contributed by atoms with E-state index in [2.05, 4.69) is 12.2 Å². The molecule has 0 fully saturated rings. The number of hydrogen-bond acceptors (Lipinski definition) is 3. The molecular formula is C20H34N2O3. The van der Waals surface area contributed by atoms with Crippen molar-refractivity contribution in [2.24, 2.45) is 0 Å². The van der Waals surface area contributed by atoms with Crippen LogP contribution < -0.4 is 11.5 Å². The van der Waals surface area contributed by atoms with Crippen molar-refractivity contribution in [1.82, 2.24) is 11.5 Å². The Balaban J connectivity index is 0.00000576. The topological polar surface area (TPSA) is 101 Å². The van der Waals surface area contributed by atoms with Gasteiger partial charge in [-0.1, -0.05) is 76.8 Å². The third kappa shape index (κ3) is 9.87. The average Bonchev–Trinajstić information content (AvgIpc) is 2.59. The standard InChI is InChI=1S/C20H31NO3.H3N/c1-2-3-4-5-6-7-8-9-10-13-16-21-19(22)17-14-11-12-15-18(17)20(23)24;/h11-12,14-15H,2-10,13,16H2,1H3,(H,21,22)(H,23,24);1H3. The van der Waals surface area contributed by atoms with Crippen LogP contribution in [0.1, 0.15) is 91.8 Å². The van der Waals surface area contributed by atoms with Gasteiger partial charge in [0.05, 0.1) is 11.1 Å². The molecule has 5 N–H and O–H groups in total. The van der Waals surface area contributed by atoms with E-state index in [4.69, 9.17) is 5.11 Å². The number of aromatic carboxylic acids is 1. The summed E-state index contributed by atoms with van der Waals surface area (Å²) in [5, 5.41) is 11.9. The summed E-state index contributed by atoms with van der Waals surface area (Å²) in [6, 6.07) is 6.32. The molecule has 5 nitrogen and oxygen atoms in total. The highest BCUT2D eigenvalue weighted by Crippen LogP contribution is 2.11. The zero-order chi connectivity index (χ0) is 17.6. The maximum Gasteiger partial charge on any atom is 0.336 e. The first-order valence-electron chi connectivity index (χ1n) is 9.27. The summed E-state index contributed by atoms with van der Waals surface area (Å²) in [5.74, 6) is -1.37. The van der Waals surface area contributed by atoms with Crippen molar-refractivity contribution in [2.45, 2.75) is 71.1 Å². The number of unbranched alkanes of at least 4 members (excludes halogenated alkanes) is 9. The molecule has 1 amide bonds. The number of carboxylic acid groups (broad SMARTS) is 1. The molecule has 0 radical (unpaired) electrons. The normalized spacial score (nSPS) is 10.1. The molecule has 0 heterocycles. The van der Waals surface area contributed by atoms with Crippen molar-refractivity contribution in [2.75, 3.05) is 6.54 Å². The van der Waals surface area contributed by atoms with Gasteiger partial charge in [-0.15, -0.1) is 0 Å². The number of carboxylic acids is 1. The van der Waals surface area contributed by atoms with Crippen molar-refractivity contribution in [1.29, 1.82) is 0 Å². The zero-order valence-corrected chi connectivity index (χ0v) is 15.6. The van der Waals surface area contributed by atoms with Gasteiger partial charge in [-0.3, -0.25) is 4.79 Å². The van der Waals surface area contributed by atoms with E-state index in [0.717, 1.165) is 12.8 Å². The molecule has 5 heteroatoms. The summed E-state index contributed by atoms with van der Waals surface area (Å²) in [4.78, 5) is 23.2. The first kappa shape index (κ1) is 23.1. The highest BCUT2D eigenvalue weighted by atomic mass is 16.4. The van der Waals surface area contributed by atoms with Gasteiger partial charge in [0, 0.05) is 6.54 Å². The van der Waals surface area contributed by atoms with Crippen molar-refractivity contribution >= 4 is 11.9 Å². The minimum Gasteiger partial charge on any atom is -0.478 e. The lowest BCUT2D eigenvalue weighted by atomic mass is 10.1. The van der Waals surface area contributed by atoms with Crippen molar-refractivity contribution in [3.8, 4) is 0 Å². The molecule has 0 aliphatic carbocycles. The van der Waals surface area contributed by atoms with E-state index in [1.807, 2.05) is 0 Å². The van der Waals surface area contributed by atoms with Crippen LogP contribution in [-0.2, 0) is 0 Å². The van der Waals surface area contributed by atoms with Gasteiger partial charge >= 0.3 is 5.97 Å². The van der Waals surface area contributed by atoms with Gasteiger partial charge in [0.1, 0.15) is 0 Å². The number of carbonyl (C=O) groups is 2. The maximum absolute atomic E-state index is 12.1. The smallest absolute Gasteiger partial charge is 0.336 e. The predicted molar refractivity (Wildman–Crippen MR) is 103 cm³/mol. The summed E-state index contributed by atoms with van der Waals surface area (Å²) in [6.45, 7) is 2.84. The molecule has 1 aromatic carbocycles. The average molecular weight is 351 g/mol. The van der Waals surface area contributed by atoms with Crippen LogP contribution in [0.5, 0.6) is 0 Å². The summed E-state index contributed by atoms with van der Waals surface area (Å²) < 4.78 is 0. The van der Waals surface area contributed by atoms with E-state index in [0.29, 0.717) is 6.54 Å². The minimum absolute atomic E-state index is 0. The van der Waals surface area contributed by atoms with Crippen molar-refractivity contribution < 1.29 is 14.7 Å². The molecule has 0 atom stereocenters. The molecule has 0 saturated heterocycles. The summed E-state index contributed by atoms with van der Waals surface area (Å²) >= 11 is 0. The number of amides is 1. The highest BCUT2D eigenvalue weighted by molar-refractivity contribution is 6.04. The van der Waals surface area contributed by atoms with Gasteiger partial charge in [0.15, 0.2) is 0 Å². The molecule has 0 aromatic heterocycles. The second-order valence-electron chi connectivity index (χ2n) is 6.29. The summed E-state index contributed by atoms with van der Waals surface area (Å²) in [5.41, 5.74) is 0.287. The lowest BCUT2D eigenvalue weighted by molar-refractivity contribution is 0.0691. The number of benzene rings is 1. The van der Waals surface area contributed by atoms with E-state index in [1.165, 1.54) is 57.4 Å². The largest absolute Gasteiger partial charge is 0.478 e. The Labute approximate surface area is 151 Å². The first-order chi connectivity index (χ1) is 11.7. The minimum atomic E-state index is -1.07. The number of rotatable bonds is 13. The maximum atomic E-state index is 12.1. The summed E-state index contributed by atoms with van der Waals surface area (Å²) in [6.07, 6.45) is 12.5. The fraction of sp³-hybridized carbons (Fsp3) is 0.600. The quantitative estimate of drug-likeness (QED) is 0.426. The molecule has 0 aliphatic heterocycles. The number of hydrogen-bond donors (Lipinski definition) is 3. The predicted octanol–water partition coefficient (Wildman–Crippen LogP) is 5.20. The van der Waals surface area contributed by atoms with Crippen LogP contribution in [0.15, 0.2) is 24.3 Å². The van der Waals surface area contributed by atoms with Gasteiger partial charge in [-0.05, 0) is 18.6 Å². The Morgan fingerprint density at radius 3 is 1.84 bits per heavy atom. The molecule has 1 rings (SSSR count). The van der Waals surface area contributed by atoms with Gasteiger partial charge < -0.3 is 16.6 Å². The molecule has 1 aromatic rings. The van der Waals surface area contributed by atoms with Crippen LogP contribution in [0.2, 0.25) is 0 Å². The van der Waals surface area contributed by atoms with Gasteiger partial charge in [0.2, 0.25) is 0 Å². The van der Waals surface area contributed by atoms with E-state index in [9.17, 15) is 9.59 Å². The highest BCUT2D eigenvalue weighted by Gasteiger charge is 2.14. The van der Waals surface area contributed by atoms with Crippen LogP contribution in [-0.4, -0.2) is 23.5 Å². The van der Waals surface area contributed by atoms with Crippen LogP contribution in [0.25, 0.3) is 0 Å². The van der Waals surface area contributed by atoms with E-state index in [1.54, 1.807) is 18.2 Å². The number of carbonyl (C=O) groups excluding carboxylic acids is 1. The molecule has 0 spiro atoms. The Hall–Kier alpha value is -1.88. The Bertz CT molecular complexity index is 503. The van der Waals surface area contributed by atoms with Crippen LogP contribution in [0.4, 0.5) is 0 Å². The molecular weight excluding hydrogens is 316 g/mol.